The average molecular weight is 341 g/mol. The minimum Gasteiger partial charge on any atom is -0.360 e. The summed E-state index contributed by atoms with van der Waals surface area (Å²) in [6.07, 6.45) is 5.22. The van der Waals surface area contributed by atoms with Gasteiger partial charge >= 0.3 is 0 Å². The van der Waals surface area contributed by atoms with Crippen LogP contribution >= 0.6 is 12.4 Å². The van der Waals surface area contributed by atoms with Crippen molar-refractivity contribution < 1.29 is 9.32 Å². The normalized spacial score (nSPS) is 25.0. The maximum Gasteiger partial charge on any atom is 0.276 e. The molecule has 23 heavy (non-hydrogen) atoms. The van der Waals surface area contributed by atoms with Crippen LogP contribution in [0.5, 0.6) is 0 Å². The Morgan fingerprint density at radius 2 is 1.96 bits per heavy atom. The van der Waals surface area contributed by atoms with E-state index in [0.29, 0.717) is 11.7 Å². The Morgan fingerprint density at radius 3 is 2.78 bits per heavy atom. The number of halogens is 1. The fourth-order valence-electron chi connectivity index (χ4n) is 3.97. The first kappa shape index (κ1) is 16.7. The third kappa shape index (κ3) is 3.25. The monoisotopic (exact) mass is 340 g/mol. The van der Waals surface area contributed by atoms with Gasteiger partial charge in [0.1, 0.15) is 5.76 Å². The molecule has 0 radical (unpaired) electrons. The second kappa shape index (κ2) is 7.20. The standard InChI is InChI=1S/C16H24N4O2.ClH/c21-16(15-13-3-1-2-4-14(13)22-18-15)20-8-5-12(11-20)19-9-6-17-7-10-19;/h12,17H,1-11H2;1H. The summed E-state index contributed by atoms with van der Waals surface area (Å²) >= 11 is 0. The van der Waals surface area contributed by atoms with Gasteiger partial charge in [-0.05, 0) is 25.7 Å². The Bertz CT molecular complexity index is 556. The summed E-state index contributed by atoms with van der Waals surface area (Å²) in [5.41, 5.74) is 1.65. The number of hydrogen-bond donors (Lipinski definition) is 1. The highest BCUT2D eigenvalue weighted by Gasteiger charge is 2.34. The molecule has 1 unspecified atom stereocenters. The van der Waals surface area contributed by atoms with Crippen LogP contribution in [0.25, 0.3) is 0 Å². The number of fused-ring (bicyclic) bond motifs is 1. The molecule has 1 aliphatic carbocycles. The Hall–Kier alpha value is -1.11. The van der Waals surface area contributed by atoms with Gasteiger partial charge in [0.2, 0.25) is 0 Å². The second-order valence-corrected chi connectivity index (χ2v) is 6.62. The van der Waals surface area contributed by atoms with E-state index >= 15 is 0 Å². The van der Waals surface area contributed by atoms with Gasteiger partial charge in [0, 0.05) is 57.3 Å². The maximum atomic E-state index is 12.8. The van der Waals surface area contributed by atoms with Crippen LogP contribution in [0.4, 0.5) is 0 Å². The molecule has 3 heterocycles. The van der Waals surface area contributed by atoms with Gasteiger partial charge in [-0.25, -0.2) is 0 Å². The predicted molar refractivity (Wildman–Crippen MR) is 89.1 cm³/mol. The van der Waals surface area contributed by atoms with Gasteiger partial charge in [-0.3, -0.25) is 9.69 Å². The smallest absolute Gasteiger partial charge is 0.276 e. The van der Waals surface area contributed by atoms with Crippen molar-refractivity contribution >= 4 is 18.3 Å². The van der Waals surface area contributed by atoms with E-state index in [0.717, 1.165) is 82.7 Å². The molecule has 1 atom stereocenters. The van der Waals surface area contributed by atoms with Gasteiger partial charge < -0.3 is 14.7 Å². The van der Waals surface area contributed by atoms with E-state index in [1.165, 1.54) is 0 Å². The number of hydrogen-bond acceptors (Lipinski definition) is 5. The largest absolute Gasteiger partial charge is 0.360 e. The molecule has 2 fully saturated rings. The van der Waals surface area contributed by atoms with Crippen molar-refractivity contribution in [3.63, 3.8) is 0 Å². The first-order valence-electron chi connectivity index (χ1n) is 8.54. The predicted octanol–water partition coefficient (Wildman–Crippen LogP) is 1.09. The van der Waals surface area contributed by atoms with Gasteiger partial charge in [-0.15, -0.1) is 12.4 Å². The third-order valence-electron chi connectivity index (χ3n) is 5.27. The molecule has 0 saturated carbocycles. The van der Waals surface area contributed by atoms with Crippen molar-refractivity contribution in [1.29, 1.82) is 0 Å². The minimum absolute atomic E-state index is 0. The molecule has 0 bridgehead atoms. The fraction of sp³-hybridized carbons (Fsp3) is 0.750. The molecule has 0 aromatic carbocycles. The molecular formula is C16H25ClN4O2. The summed E-state index contributed by atoms with van der Waals surface area (Å²) in [5.74, 6) is 1.01. The summed E-state index contributed by atoms with van der Waals surface area (Å²) in [5, 5.41) is 7.47. The van der Waals surface area contributed by atoms with E-state index in [1.807, 2.05) is 4.90 Å². The van der Waals surface area contributed by atoms with E-state index in [2.05, 4.69) is 15.4 Å². The number of amides is 1. The highest BCUT2D eigenvalue weighted by atomic mass is 35.5. The van der Waals surface area contributed by atoms with Crippen LogP contribution in [0.1, 0.15) is 41.1 Å². The molecule has 2 saturated heterocycles. The molecule has 1 aromatic rings. The van der Waals surface area contributed by atoms with Crippen molar-refractivity contribution in [1.82, 2.24) is 20.3 Å². The number of carbonyl (C=O) groups excluding carboxylic acids is 1. The molecule has 3 aliphatic rings. The zero-order chi connectivity index (χ0) is 14.9. The molecule has 128 valence electrons. The number of piperazine rings is 1. The summed E-state index contributed by atoms with van der Waals surface area (Å²) in [7, 11) is 0. The van der Waals surface area contributed by atoms with Crippen LogP contribution in [0, 0.1) is 0 Å². The first-order chi connectivity index (χ1) is 10.8. The SMILES string of the molecule is Cl.O=C(c1noc2c1CCCC2)N1CCC(N2CCNCC2)C1. The average Bonchev–Trinajstić information content (AvgIpc) is 3.22. The van der Waals surface area contributed by atoms with Crippen molar-refractivity contribution in [3.05, 3.63) is 17.0 Å². The van der Waals surface area contributed by atoms with Gasteiger partial charge in [-0.2, -0.15) is 0 Å². The summed E-state index contributed by atoms with van der Waals surface area (Å²) < 4.78 is 5.39. The number of aromatic nitrogens is 1. The Kier molecular flexibility index (Phi) is 5.24. The number of nitrogens with zero attached hydrogens (tertiary/aromatic N) is 3. The highest BCUT2D eigenvalue weighted by molar-refractivity contribution is 5.94. The highest BCUT2D eigenvalue weighted by Crippen LogP contribution is 2.26. The molecule has 2 aliphatic heterocycles. The topological polar surface area (TPSA) is 61.6 Å². The quantitative estimate of drug-likeness (QED) is 0.873. The van der Waals surface area contributed by atoms with Crippen molar-refractivity contribution in [2.45, 2.75) is 38.1 Å². The van der Waals surface area contributed by atoms with Crippen LogP contribution < -0.4 is 5.32 Å². The van der Waals surface area contributed by atoms with Crippen LogP contribution in [0.15, 0.2) is 4.52 Å². The summed E-state index contributed by atoms with van der Waals surface area (Å²) in [6.45, 7) is 5.97. The van der Waals surface area contributed by atoms with Gasteiger partial charge in [-0.1, -0.05) is 5.16 Å². The molecule has 4 rings (SSSR count). The van der Waals surface area contributed by atoms with E-state index in [-0.39, 0.29) is 18.3 Å². The number of aryl methyl sites for hydroxylation is 1. The zero-order valence-corrected chi connectivity index (χ0v) is 14.2. The maximum absolute atomic E-state index is 12.8. The summed E-state index contributed by atoms with van der Waals surface area (Å²) in [6, 6.07) is 0.508. The zero-order valence-electron chi connectivity index (χ0n) is 13.4. The van der Waals surface area contributed by atoms with Crippen molar-refractivity contribution in [3.8, 4) is 0 Å². The van der Waals surface area contributed by atoms with E-state index in [4.69, 9.17) is 4.52 Å². The Morgan fingerprint density at radius 1 is 1.17 bits per heavy atom. The Labute approximate surface area is 143 Å². The lowest BCUT2D eigenvalue weighted by Crippen LogP contribution is -2.49. The second-order valence-electron chi connectivity index (χ2n) is 6.62. The minimum atomic E-state index is 0. The van der Waals surface area contributed by atoms with E-state index in [1.54, 1.807) is 0 Å². The molecule has 1 amide bonds. The van der Waals surface area contributed by atoms with Gasteiger partial charge in [0.25, 0.3) is 5.91 Å². The number of likely N-dealkylation sites (tertiary alicyclic amines) is 1. The molecule has 0 spiro atoms. The van der Waals surface area contributed by atoms with Crippen LogP contribution in [0.2, 0.25) is 0 Å². The lowest BCUT2D eigenvalue weighted by Gasteiger charge is -2.32. The lowest BCUT2D eigenvalue weighted by atomic mass is 9.96. The number of nitrogens with one attached hydrogen (secondary N) is 1. The van der Waals surface area contributed by atoms with Gasteiger partial charge in [0.05, 0.1) is 0 Å². The van der Waals surface area contributed by atoms with Crippen molar-refractivity contribution in [2.75, 3.05) is 39.3 Å². The van der Waals surface area contributed by atoms with Crippen LogP contribution in [0.3, 0.4) is 0 Å². The molecular weight excluding hydrogens is 316 g/mol. The molecule has 1 N–H and O–H groups in total. The lowest BCUT2D eigenvalue weighted by molar-refractivity contribution is 0.0762. The third-order valence-corrected chi connectivity index (χ3v) is 5.27. The number of carbonyl (C=O) groups is 1. The number of rotatable bonds is 2. The molecule has 7 heteroatoms. The fourth-order valence-corrected chi connectivity index (χ4v) is 3.97. The van der Waals surface area contributed by atoms with Crippen molar-refractivity contribution in [2.24, 2.45) is 0 Å². The van der Waals surface area contributed by atoms with Crippen LogP contribution in [-0.4, -0.2) is 66.2 Å². The molecule has 6 nitrogen and oxygen atoms in total. The summed E-state index contributed by atoms with van der Waals surface area (Å²) in [4.78, 5) is 17.3. The molecule has 1 aromatic heterocycles. The Balaban J connectivity index is 0.00000156. The van der Waals surface area contributed by atoms with Crippen LogP contribution in [-0.2, 0) is 12.8 Å². The van der Waals surface area contributed by atoms with E-state index in [9.17, 15) is 4.79 Å². The van der Waals surface area contributed by atoms with Gasteiger partial charge in [0.15, 0.2) is 5.69 Å². The van der Waals surface area contributed by atoms with E-state index < -0.39 is 0 Å². The first-order valence-corrected chi connectivity index (χ1v) is 8.54.